The fraction of sp³-hybridized carbons (Fsp3) is 0. The number of hydrogen-bond donors (Lipinski definition) is 2. The molecule has 0 atom stereocenters. The van der Waals surface area contributed by atoms with E-state index in [0.717, 1.165) is 6.07 Å². The van der Waals surface area contributed by atoms with Crippen LogP contribution in [0.2, 0.25) is 0 Å². The van der Waals surface area contributed by atoms with Crippen molar-refractivity contribution >= 4 is 28.1 Å². The van der Waals surface area contributed by atoms with Crippen LogP contribution in [-0.2, 0) is 0 Å². The van der Waals surface area contributed by atoms with E-state index in [-0.39, 0.29) is 16.9 Å². The van der Waals surface area contributed by atoms with Crippen molar-refractivity contribution in [3.05, 3.63) is 46.0 Å². The summed E-state index contributed by atoms with van der Waals surface area (Å²) in [5, 5.41) is 20.6. The normalized spacial score (nSPS) is 10.4. The van der Waals surface area contributed by atoms with Crippen molar-refractivity contribution < 1.29 is 14.8 Å². The zero-order valence-electron chi connectivity index (χ0n) is 8.58. The van der Waals surface area contributed by atoms with Crippen molar-refractivity contribution in [2.75, 3.05) is 5.73 Å². The lowest BCUT2D eigenvalue weighted by Gasteiger charge is -2.06. The van der Waals surface area contributed by atoms with E-state index in [1.54, 1.807) is 24.3 Å². The summed E-state index contributed by atoms with van der Waals surface area (Å²) in [7, 11) is 0. The van der Waals surface area contributed by atoms with Gasteiger partial charge in [0.2, 0.25) is 0 Å². The molecular weight excluding hydrogens is 224 g/mol. The average Bonchev–Trinajstić information content (AvgIpc) is 2.29. The molecular formula is C11H8N2O4. The summed E-state index contributed by atoms with van der Waals surface area (Å²) >= 11 is 0. The van der Waals surface area contributed by atoms with Crippen molar-refractivity contribution in [2.24, 2.45) is 0 Å². The quantitative estimate of drug-likeness (QED) is 0.468. The molecule has 0 fully saturated rings. The van der Waals surface area contributed by atoms with Gasteiger partial charge < -0.3 is 10.8 Å². The number of carboxylic acids is 1. The highest BCUT2D eigenvalue weighted by atomic mass is 16.6. The van der Waals surface area contributed by atoms with Crippen molar-refractivity contribution in [2.45, 2.75) is 0 Å². The number of benzene rings is 2. The van der Waals surface area contributed by atoms with Gasteiger partial charge in [-0.1, -0.05) is 24.3 Å². The summed E-state index contributed by atoms with van der Waals surface area (Å²) < 4.78 is 0. The molecule has 0 aliphatic heterocycles. The van der Waals surface area contributed by atoms with Crippen molar-refractivity contribution in [1.82, 2.24) is 0 Å². The van der Waals surface area contributed by atoms with Gasteiger partial charge >= 0.3 is 5.97 Å². The number of fused-ring (bicyclic) bond motifs is 1. The summed E-state index contributed by atoms with van der Waals surface area (Å²) in [6.45, 7) is 0. The number of nitro groups is 1. The summed E-state index contributed by atoms with van der Waals surface area (Å²) in [6, 6.07) is 7.41. The molecule has 0 bridgehead atoms. The van der Waals surface area contributed by atoms with Gasteiger partial charge in [0.25, 0.3) is 5.69 Å². The highest BCUT2D eigenvalue weighted by Crippen LogP contribution is 2.33. The molecule has 0 heterocycles. The molecule has 0 saturated heterocycles. The Balaban J connectivity index is 2.94. The number of nitro benzene ring substituents is 1. The minimum atomic E-state index is -1.22. The van der Waals surface area contributed by atoms with Gasteiger partial charge in [0, 0.05) is 11.5 Å². The molecule has 17 heavy (non-hydrogen) atoms. The monoisotopic (exact) mass is 232 g/mol. The van der Waals surface area contributed by atoms with E-state index in [4.69, 9.17) is 10.8 Å². The standard InChI is InChI=1S/C11H8N2O4/c12-10-7-4-2-1-3-6(7)8(11(14)15)5-9(10)13(16)17/h1-5H,12H2,(H,14,15). The second kappa shape index (κ2) is 3.75. The SMILES string of the molecule is Nc1c([N+](=O)[O-])cc(C(=O)O)c2ccccc12. The molecule has 6 heteroatoms. The molecule has 6 nitrogen and oxygen atoms in total. The van der Waals surface area contributed by atoms with E-state index in [2.05, 4.69) is 0 Å². The van der Waals surface area contributed by atoms with Crippen LogP contribution in [-0.4, -0.2) is 16.0 Å². The summed E-state index contributed by atoms with van der Waals surface area (Å²) in [5.41, 5.74) is 5.12. The number of rotatable bonds is 2. The predicted molar refractivity (Wildman–Crippen MR) is 62.0 cm³/mol. The molecule has 86 valence electrons. The molecule has 2 rings (SSSR count). The zero-order valence-corrected chi connectivity index (χ0v) is 8.58. The number of aromatic carboxylic acids is 1. The largest absolute Gasteiger partial charge is 0.478 e. The second-order valence-corrected chi connectivity index (χ2v) is 3.46. The van der Waals surface area contributed by atoms with E-state index in [9.17, 15) is 14.9 Å². The van der Waals surface area contributed by atoms with Gasteiger partial charge in [-0.2, -0.15) is 0 Å². The number of nitrogens with two attached hydrogens (primary N) is 1. The maximum atomic E-state index is 11.0. The van der Waals surface area contributed by atoms with Crippen LogP contribution in [0.5, 0.6) is 0 Å². The maximum absolute atomic E-state index is 11.0. The van der Waals surface area contributed by atoms with Crippen LogP contribution < -0.4 is 5.73 Å². The molecule has 0 spiro atoms. The number of carbonyl (C=O) groups is 1. The maximum Gasteiger partial charge on any atom is 0.336 e. The fourth-order valence-electron chi connectivity index (χ4n) is 1.71. The molecule has 0 radical (unpaired) electrons. The van der Waals surface area contributed by atoms with E-state index in [1.165, 1.54) is 0 Å². The lowest BCUT2D eigenvalue weighted by Crippen LogP contribution is -2.03. The summed E-state index contributed by atoms with van der Waals surface area (Å²) in [5.74, 6) is -1.22. The number of anilines is 1. The Morgan fingerprint density at radius 3 is 2.41 bits per heavy atom. The molecule has 0 aliphatic rings. The molecule has 2 aromatic rings. The number of hydrogen-bond acceptors (Lipinski definition) is 4. The smallest absolute Gasteiger partial charge is 0.336 e. The Bertz CT molecular complexity index is 637. The van der Waals surface area contributed by atoms with Crippen molar-refractivity contribution in [1.29, 1.82) is 0 Å². The van der Waals surface area contributed by atoms with Gasteiger partial charge in [0.1, 0.15) is 5.69 Å². The van der Waals surface area contributed by atoms with Gasteiger partial charge in [-0.15, -0.1) is 0 Å². The van der Waals surface area contributed by atoms with Gasteiger partial charge in [0.05, 0.1) is 10.5 Å². The molecule has 0 unspecified atom stereocenters. The van der Waals surface area contributed by atoms with Crippen LogP contribution in [0.1, 0.15) is 10.4 Å². The van der Waals surface area contributed by atoms with Gasteiger partial charge in [-0.25, -0.2) is 4.79 Å². The number of nitrogens with zero attached hydrogens (tertiary/aromatic N) is 1. The van der Waals surface area contributed by atoms with Crippen LogP contribution in [0.25, 0.3) is 10.8 Å². The highest BCUT2D eigenvalue weighted by molar-refractivity contribution is 6.09. The highest BCUT2D eigenvalue weighted by Gasteiger charge is 2.20. The van der Waals surface area contributed by atoms with Crippen LogP contribution in [0.4, 0.5) is 11.4 Å². The van der Waals surface area contributed by atoms with Gasteiger partial charge in [0.15, 0.2) is 0 Å². The van der Waals surface area contributed by atoms with E-state index in [1.807, 2.05) is 0 Å². The Labute approximate surface area is 95.4 Å². The lowest BCUT2D eigenvalue weighted by atomic mass is 10.0. The zero-order chi connectivity index (χ0) is 12.6. The van der Waals surface area contributed by atoms with E-state index >= 15 is 0 Å². The van der Waals surface area contributed by atoms with Gasteiger partial charge in [-0.3, -0.25) is 10.1 Å². The molecule has 0 aliphatic carbocycles. The molecule has 2 aromatic carbocycles. The van der Waals surface area contributed by atoms with Crippen LogP contribution in [0.3, 0.4) is 0 Å². The van der Waals surface area contributed by atoms with Crippen molar-refractivity contribution in [3.63, 3.8) is 0 Å². The third-order valence-electron chi connectivity index (χ3n) is 2.49. The first kappa shape index (κ1) is 10.9. The Hall–Kier alpha value is -2.63. The van der Waals surface area contributed by atoms with Crippen molar-refractivity contribution in [3.8, 4) is 0 Å². The average molecular weight is 232 g/mol. The third-order valence-corrected chi connectivity index (χ3v) is 2.49. The Kier molecular flexibility index (Phi) is 2.40. The minimum Gasteiger partial charge on any atom is -0.478 e. The van der Waals surface area contributed by atoms with Crippen LogP contribution in [0, 0.1) is 10.1 Å². The fourth-order valence-corrected chi connectivity index (χ4v) is 1.71. The summed E-state index contributed by atoms with van der Waals surface area (Å²) in [4.78, 5) is 21.1. The first-order chi connectivity index (χ1) is 8.02. The van der Waals surface area contributed by atoms with Crippen LogP contribution >= 0.6 is 0 Å². The molecule has 0 amide bonds. The van der Waals surface area contributed by atoms with E-state index < -0.39 is 10.9 Å². The Morgan fingerprint density at radius 2 is 1.88 bits per heavy atom. The molecule has 0 aromatic heterocycles. The second-order valence-electron chi connectivity index (χ2n) is 3.46. The summed E-state index contributed by atoms with van der Waals surface area (Å²) in [6.07, 6.45) is 0. The first-order valence-corrected chi connectivity index (χ1v) is 4.71. The van der Waals surface area contributed by atoms with Gasteiger partial charge in [-0.05, 0) is 5.39 Å². The minimum absolute atomic E-state index is 0.0180. The number of carboxylic acid groups (broad SMARTS) is 1. The topological polar surface area (TPSA) is 106 Å². The third kappa shape index (κ3) is 1.65. The lowest BCUT2D eigenvalue weighted by molar-refractivity contribution is -0.383. The molecule has 3 N–H and O–H groups in total. The predicted octanol–water partition coefficient (Wildman–Crippen LogP) is 2.03. The first-order valence-electron chi connectivity index (χ1n) is 4.71. The van der Waals surface area contributed by atoms with Crippen LogP contribution in [0.15, 0.2) is 30.3 Å². The molecule has 0 saturated carbocycles. The Morgan fingerprint density at radius 1 is 1.29 bits per heavy atom. The number of nitrogen functional groups attached to an aromatic ring is 1. The van der Waals surface area contributed by atoms with E-state index in [0.29, 0.717) is 10.8 Å².